The molecular weight excluding hydrogens is 419 g/mol. The molecule has 2 amide bonds. The first-order valence-corrected chi connectivity index (χ1v) is 9.67. The Bertz CT molecular complexity index is 1230. The van der Waals surface area contributed by atoms with E-state index in [4.69, 9.17) is 11.6 Å². The van der Waals surface area contributed by atoms with Crippen molar-refractivity contribution in [3.63, 3.8) is 0 Å². The molecule has 1 aromatic heterocycles. The van der Waals surface area contributed by atoms with Gasteiger partial charge in [-0.15, -0.1) is 0 Å². The SMILES string of the molecule is CN(C(=O)Nc1ccc(F)c(Cl)c1)[C@@H]1CCCc2[nH]c(=O)c3c(F)c(F)ccc3c21. The van der Waals surface area contributed by atoms with Crippen molar-refractivity contribution in [2.45, 2.75) is 25.3 Å². The molecule has 0 bridgehead atoms. The first-order valence-electron chi connectivity index (χ1n) is 9.29. The Balaban J connectivity index is 1.74. The largest absolute Gasteiger partial charge is 0.325 e. The fourth-order valence-corrected chi connectivity index (χ4v) is 4.12. The van der Waals surface area contributed by atoms with Gasteiger partial charge < -0.3 is 15.2 Å². The number of halogens is 4. The Kier molecular flexibility index (Phi) is 5.19. The molecule has 1 heterocycles. The Morgan fingerprint density at radius 3 is 2.67 bits per heavy atom. The molecule has 4 rings (SSSR count). The number of fused-ring (bicyclic) bond motifs is 3. The Hall–Kier alpha value is -3.00. The van der Waals surface area contributed by atoms with Crippen molar-refractivity contribution in [3.8, 4) is 0 Å². The lowest BCUT2D eigenvalue weighted by atomic mass is 9.87. The van der Waals surface area contributed by atoms with Crippen LogP contribution < -0.4 is 10.9 Å². The lowest BCUT2D eigenvalue weighted by Crippen LogP contribution is -2.37. The summed E-state index contributed by atoms with van der Waals surface area (Å²) in [5.41, 5.74) is 0.798. The van der Waals surface area contributed by atoms with E-state index in [0.29, 0.717) is 36.2 Å². The number of benzene rings is 2. The van der Waals surface area contributed by atoms with E-state index in [2.05, 4.69) is 10.3 Å². The molecule has 2 N–H and O–H groups in total. The van der Waals surface area contributed by atoms with Gasteiger partial charge in [-0.2, -0.15) is 0 Å². The summed E-state index contributed by atoms with van der Waals surface area (Å²) < 4.78 is 41.4. The molecule has 2 aromatic carbocycles. The summed E-state index contributed by atoms with van der Waals surface area (Å²) in [6.45, 7) is 0. The maximum absolute atomic E-state index is 14.3. The zero-order chi connectivity index (χ0) is 21.6. The van der Waals surface area contributed by atoms with Crippen molar-refractivity contribution in [2.24, 2.45) is 0 Å². The van der Waals surface area contributed by atoms with Crippen LogP contribution in [0.25, 0.3) is 10.8 Å². The molecule has 156 valence electrons. The molecule has 1 atom stereocenters. The predicted molar refractivity (Wildman–Crippen MR) is 108 cm³/mol. The average Bonchev–Trinajstić information content (AvgIpc) is 2.72. The van der Waals surface area contributed by atoms with E-state index in [1.165, 1.54) is 23.1 Å². The number of aromatic nitrogens is 1. The fourth-order valence-electron chi connectivity index (χ4n) is 3.94. The number of amides is 2. The van der Waals surface area contributed by atoms with Crippen LogP contribution in [0, 0.1) is 17.5 Å². The van der Waals surface area contributed by atoms with Gasteiger partial charge in [0.15, 0.2) is 11.6 Å². The Morgan fingerprint density at radius 2 is 1.93 bits per heavy atom. The summed E-state index contributed by atoms with van der Waals surface area (Å²) in [6, 6.07) is 5.19. The van der Waals surface area contributed by atoms with E-state index in [1.54, 1.807) is 7.05 Å². The lowest BCUT2D eigenvalue weighted by molar-refractivity contribution is 0.197. The van der Waals surface area contributed by atoms with Gasteiger partial charge in [-0.3, -0.25) is 4.79 Å². The second-order valence-corrected chi connectivity index (χ2v) is 7.62. The number of carbonyl (C=O) groups excluding carboxylic acids is 1. The summed E-state index contributed by atoms with van der Waals surface area (Å²) >= 11 is 5.76. The quantitative estimate of drug-likeness (QED) is 0.585. The van der Waals surface area contributed by atoms with Gasteiger partial charge in [-0.1, -0.05) is 17.7 Å². The molecule has 0 saturated carbocycles. The highest BCUT2D eigenvalue weighted by atomic mass is 35.5. The van der Waals surface area contributed by atoms with Crippen molar-refractivity contribution in [2.75, 3.05) is 12.4 Å². The highest BCUT2D eigenvalue weighted by molar-refractivity contribution is 6.31. The second-order valence-electron chi connectivity index (χ2n) is 7.21. The summed E-state index contributed by atoms with van der Waals surface area (Å²) in [6.07, 6.45) is 1.82. The molecule has 3 aromatic rings. The van der Waals surface area contributed by atoms with E-state index >= 15 is 0 Å². The van der Waals surface area contributed by atoms with E-state index < -0.39 is 35.1 Å². The monoisotopic (exact) mass is 435 g/mol. The number of H-pyrrole nitrogens is 1. The smallest absolute Gasteiger partial charge is 0.322 e. The number of anilines is 1. The zero-order valence-corrected chi connectivity index (χ0v) is 16.6. The van der Waals surface area contributed by atoms with Crippen LogP contribution in [0.2, 0.25) is 5.02 Å². The molecule has 0 spiro atoms. The van der Waals surface area contributed by atoms with E-state index in [0.717, 1.165) is 12.1 Å². The number of urea groups is 1. The van der Waals surface area contributed by atoms with Crippen molar-refractivity contribution in [1.29, 1.82) is 0 Å². The third-order valence-electron chi connectivity index (χ3n) is 5.40. The molecule has 0 saturated heterocycles. The maximum atomic E-state index is 14.3. The van der Waals surface area contributed by atoms with Gasteiger partial charge in [0, 0.05) is 24.0 Å². The number of nitrogens with zero attached hydrogens (tertiary/aromatic N) is 1. The minimum Gasteiger partial charge on any atom is -0.325 e. The van der Waals surface area contributed by atoms with Crippen LogP contribution in [0.5, 0.6) is 0 Å². The average molecular weight is 436 g/mol. The van der Waals surface area contributed by atoms with Gasteiger partial charge in [0.25, 0.3) is 5.56 Å². The van der Waals surface area contributed by atoms with E-state index in [-0.39, 0.29) is 15.8 Å². The molecule has 9 heteroatoms. The Morgan fingerprint density at radius 1 is 1.20 bits per heavy atom. The third kappa shape index (κ3) is 3.41. The van der Waals surface area contributed by atoms with Crippen LogP contribution in [0.15, 0.2) is 35.1 Å². The van der Waals surface area contributed by atoms with Crippen LogP contribution in [0.4, 0.5) is 23.7 Å². The molecule has 30 heavy (non-hydrogen) atoms. The highest BCUT2D eigenvalue weighted by Crippen LogP contribution is 2.37. The third-order valence-corrected chi connectivity index (χ3v) is 5.69. The van der Waals surface area contributed by atoms with Crippen molar-refractivity contribution in [1.82, 2.24) is 9.88 Å². The molecular formula is C21H17ClF3N3O2. The summed E-state index contributed by atoms with van der Waals surface area (Å²) in [4.78, 5) is 29.2. The van der Waals surface area contributed by atoms with Crippen LogP contribution in [-0.2, 0) is 6.42 Å². The van der Waals surface area contributed by atoms with Gasteiger partial charge in [-0.05, 0) is 48.9 Å². The van der Waals surface area contributed by atoms with Gasteiger partial charge in [0.05, 0.1) is 16.5 Å². The lowest BCUT2D eigenvalue weighted by Gasteiger charge is -2.34. The van der Waals surface area contributed by atoms with Gasteiger partial charge in [0.1, 0.15) is 5.82 Å². The summed E-state index contributed by atoms with van der Waals surface area (Å²) in [5.74, 6) is -2.93. The molecule has 0 unspecified atom stereocenters. The van der Waals surface area contributed by atoms with Crippen molar-refractivity contribution < 1.29 is 18.0 Å². The number of hydrogen-bond acceptors (Lipinski definition) is 2. The molecule has 5 nitrogen and oxygen atoms in total. The fraction of sp³-hybridized carbons (Fsp3) is 0.238. The van der Waals surface area contributed by atoms with Crippen molar-refractivity contribution >= 4 is 34.1 Å². The summed E-state index contributed by atoms with van der Waals surface area (Å²) in [5, 5.41) is 2.44. The van der Waals surface area contributed by atoms with Gasteiger partial charge in [-0.25, -0.2) is 18.0 Å². The number of carbonyl (C=O) groups is 1. The Labute approximate surface area is 174 Å². The standard InChI is InChI=1S/C21H17ClF3N3O2/c1-28(21(30)26-10-5-7-13(23)12(22)9-10)16-4-2-3-15-17(16)11-6-8-14(24)19(25)18(11)20(29)27-15/h5-9,16H,2-4H2,1H3,(H,26,30)(H,27,29)/t16-/m1/s1. The first kappa shape index (κ1) is 20.3. The first-order chi connectivity index (χ1) is 14.3. The predicted octanol–water partition coefficient (Wildman–Crippen LogP) is 5.14. The maximum Gasteiger partial charge on any atom is 0.322 e. The molecule has 0 fully saturated rings. The topological polar surface area (TPSA) is 65.2 Å². The van der Waals surface area contributed by atoms with Crippen LogP contribution in [-0.4, -0.2) is 23.0 Å². The van der Waals surface area contributed by atoms with Crippen LogP contribution in [0.1, 0.15) is 30.1 Å². The minimum atomic E-state index is -1.21. The van der Waals surface area contributed by atoms with Crippen LogP contribution >= 0.6 is 11.6 Å². The molecule has 0 radical (unpaired) electrons. The van der Waals surface area contributed by atoms with Crippen molar-refractivity contribution in [3.05, 3.63) is 74.4 Å². The number of rotatable bonds is 2. The number of pyridine rings is 1. The minimum absolute atomic E-state index is 0.125. The van der Waals surface area contributed by atoms with Gasteiger partial charge in [0.2, 0.25) is 0 Å². The highest BCUT2D eigenvalue weighted by Gasteiger charge is 2.31. The molecule has 0 aliphatic heterocycles. The zero-order valence-electron chi connectivity index (χ0n) is 15.9. The van der Waals surface area contributed by atoms with Crippen LogP contribution in [0.3, 0.4) is 0 Å². The number of nitrogens with one attached hydrogen (secondary N) is 2. The van der Waals surface area contributed by atoms with Gasteiger partial charge >= 0.3 is 6.03 Å². The second kappa shape index (κ2) is 7.68. The normalized spacial score (nSPS) is 15.7. The number of aryl methyl sites for hydroxylation is 1. The van der Waals surface area contributed by atoms with E-state index in [9.17, 15) is 22.8 Å². The molecule has 1 aliphatic carbocycles. The number of hydrogen-bond donors (Lipinski definition) is 2. The molecule has 1 aliphatic rings. The van der Waals surface area contributed by atoms with E-state index in [1.807, 2.05) is 0 Å². The summed E-state index contributed by atoms with van der Waals surface area (Å²) in [7, 11) is 1.57. The number of aromatic amines is 1.